The highest BCUT2D eigenvalue weighted by Gasteiger charge is 2.13. The molecule has 2 rings (SSSR count). The van der Waals surface area contributed by atoms with Gasteiger partial charge < -0.3 is 4.57 Å². The van der Waals surface area contributed by atoms with Gasteiger partial charge in [-0.1, -0.05) is 18.5 Å². The largest absolute Gasteiger partial charge is 0.326 e. The number of halogens is 3. The zero-order chi connectivity index (χ0) is 14.0. The van der Waals surface area contributed by atoms with E-state index in [1.165, 1.54) is 12.1 Å². The Morgan fingerprint density at radius 1 is 1.47 bits per heavy atom. The van der Waals surface area contributed by atoms with Crippen molar-refractivity contribution in [2.24, 2.45) is 0 Å². The number of aryl methyl sites for hydroxylation is 1. The first-order valence-corrected chi connectivity index (χ1v) is 8.22. The molecule has 1 unspecified atom stereocenters. The average Bonchev–Trinajstić information content (AvgIpc) is 2.73. The van der Waals surface area contributed by atoms with Gasteiger partial charge in [0, 0.05) is 34.9 Å². The van der Waals surface area contributed by atoms with E-state index in [1.54, 1.807) is 4.57 Å². The van der Waals surface area contributed by atoms with Gasteiger partial charge in [-0.2, -0.15) is 0 Å². The molecule has 1 aromatic carbocycles. The Morgan fingerprint density at radius 3 is 2.84 bits per heavy atom. The summed E-state index contributed by atoms with van der Waals surface area (Å²) in [5.41, 5.74) is 1.23. The topological polar surface area (TPSA) is 34.9 Å². The van der Waals surface area contributed by atoms with Crippen LogP contribution in [0.1, 0.15) is 12.7 Å². The lowest BCUT2D eigenvalue weighted by molar-refractivity contribution is 0.628. The molecule has 0 amide bonds. The van der Waals surface area contributed by atoms with Crippen molar-refractivity contribution in [1.29, 1.82) is 0 Å². The highest BCUT2D eigenvalue weighted by molar-refractivity contribution is 7.84. The number of rotatable bonds is 5. The second-order valence-corrected chi connectivity index (χ2v) is 6.54. The molecule has 104 valence electrons. The maximum atomic E-state index is 13.5. The van der Waals surface area contributed by atoms with E-state index < -0.39 is 16.6 Å². The molecule has 0 saturated heterocycles. The number of aromatic nitrogens is 2. The van der Waals surface area contributed by atoms with Crippen LogP contribution in [-0.4, -0.2) is 25.3 Å². The monoisotopic (exact) mass is 322 g/mol. The minimum absolute atomic E-state index is 0.0374. The summed E-state index contributed by atoms with van der Waals surface area (Å²) in [7, 11) is -0.886. The molecule has 0 spiro atoms. The van der Waals surface area contributed by atoms with Gasteiger partial charge in [0.2, 0.25) is 0 Å². The van der Waals surface area contributed by atoms with E-state index in [0.29, 0.717) is 34.9 Å². The van der Waals surface area contributed by atoms with E-state index in [9.17, 15) is 8.60 Å². The number of benzene rings is 1. The summed E-state index contributed by atoms with van der Waals surface area (Å²) in [6, 6.07) is 2.82. The third kappa shape index (κ3) is 3.09. The second-order valence-electron chi connectivity index (χ2n) is 4.00. The van der Waals surface area contributed by atoms with Gasteiger partial charge in [-0.25, -0.2) is 9.37 Å². The van der Waals surface area contributed by atoms with Gasteiger partial charge >= 0.3 is 0 Å². The highest BCUT2D eigenvalue weighted by atomic mass is 35.5. The normalized spacial score (nSPS) is 13.1. The first-order chi connectivity index (χ1) is 9.06. The fraction of sp³-hybridized carbons (Fsp3) is 0.417. The molecule has 1 aromatic heterocycles. The van der Waals surface area contributed by atoms with Crippen LogP contribution in [0.2, 0.25) is 5.02 Å². The van der Waals surface area contributed by atoms with E-state index in [4.69, 9.17) is 23.2 Å². The maximum Gasteiger partial charge on any atom is 0.144 e. The predicted octanol–water partition coefficient (Wildman–Crippen LogP) is 3.34. The number of alkyl halides is 1. The fourth-order valence-electron chi connectivity index (χ4n) is 1.86. The molecule has 2 aromatic rings. The van der Waals surface area contributed by atoms with Crippen LogP contribution < -0.4 is 0 Å². The summed E-state index contributed by atoms with van der Waals surface area (Å²) in [4.78, 5) is 4.32. The summed E-state index contributed by atoms with van der Waals surface area (Å²) in [6.45, 7) is 2.37. The lowest BCUT2D eigenvalue weighted by atomic mass is 10.3. The van der Waals surface area contributed by atoms with Crippen LogP contribution in [-0.2, 0) is 23.2 Å². The Morgan fingerprint density at radius 2 is 2.21 bits per heavy atom. The molecule has 0 aliphatic rings. The summed E-state index contributed by atoms with van der Waals surface area (Å²) in [6.07, 6.45) is 0. The first-order valence-electron chi connectivity index (χ1n) is 5.82. The second kappa shape index (κ2) is 6.20. The molecular formula is C12H13Cl2FN2OS. The van der Waals surface area contributed by atoms with Crippen molar-refractivity contribution in [3.8, 4) is 0 Å². The number of fused-ring (bicyclic) bond motifs is 1. The molecule has 0 fully saturated rings. The number of nitrogens with zero attached hydrogens (tertiary/aromatic N) is 2. The van der Waals surface area contributed by atoms with E-state index in [2.05, 4.69) is 4.98 Å². The van der Waals surface area contributed by atoms with Gasteiger partial charge in [0.15, 0.2) is 0 Å². The van der Waals surface area contributed by atoms with E-state index >= 15 is 0 Å². The summed E-state index contributed by atoms with van der Waals surface area (Å²) < 4.78 is 26.9. The maximum absolute atomic E-state index is 13.5. The SMILES string of the molecule is CCS(=O)CCn1c(CCl)nc2cc(Cl)c(F)cc21. The van der Waals surface area contributed by atoms with Crippen LogP contribution >= 0.6 is 23.2 Å². The van der Waals surface area contributed by atoms with Gasteiger partial charge in [-0.05, 0) is 6.07 Å². The molecule has 7 heteroatoms. The Hall–Kier alpha value is -0.650. The molecule has 1 heterocycles. The molecule has 0 N–H and O–H groups in total. The van der Waals surface area contributed by atoms with E-state index in [-0.39, 0.29) is 10.9 Å². The van der Waals surface area contributed by atoms with Crippen molar-refractivity contribution in [3.63, 3.8) is 0 Å². The standard InChI is InChI=1S/C12H13Cl2FN2OS/c1-2-19(18)4-3-17-11-6-9(15)8(14)5-10(11)16-12(17)7-13/h5-6H,2-4,7H2,1H3. The Kier molecular flexibility index (Phi) is 4.81. The molecule has 3 nitrogen and oxygen atoms in total. The van der Waals surface area contributed by atoms with Gasteiger partial charge in [0.1, 0.15) is 11.6 Å². The summed E-state index contributed by atoms with van der Waals surface area (Å²) >= 11 is 11.6. The van der Waals surface area contributed by atoms with E-state index in [0.717, 1.165) is 0 Å². The van der Waals surface area contributed by atoms with Crippen molar-refractivity contribution in [2.75, 3.05) is 11.5 Å². The van der Waals surface area contributed by atoms with E-state index in [1.807, 2.05) is 6.92 Å². The Labute approximate surface area is 123 Å². The van der Waals surface area contributed by atoms with Crippen molar-refractivity contribution >= 4 is 45.0 Å². The number of hydrogen-bond donors (Lipinski definition) is 0. The molecule has 0 radical (unpaired) electrons. The molecule has 0 bridgehead atoms. The molecule has 0 aliphatic carbocycles. The smallest absolute Gasteiger partial charge is 0.144 e. The number of hydrogen-bond acceptors (Lipinski definition) is 2. The van der Waals surface area contributed by atoms with Crippen LogP contribution in [0.25, 0.3) is 11.0 Å². The quantitative estimate of drug-likeness (QED) is 0.791. The van der Waals surface area contributed by atoms with Crippen LogP contribution in [0.3, 0.4) is 0 Å². The molecule has 0 saturated carbocycles. The van der Waals surface area contributed by atoms with Crippen molar-refractivity contribution in [1.82, 2.24) is 9.55 Å². The lowest BCUT2D eigenvalue weighted by Gasteiger charge is -2.07. The zero-order valence-corrected chi connectivity index (χ0v) is 12.7. The molecular weight excluding hydrogens is 310 g/mol. The molecule has 1 atom stereocenters. The third-order valence-electron chi connectivity index (χ3n) is 2.85. The Bertz CT molecular complexity index is 630. The summed E-state index contributed by atoms with van der Waals surface area (Å²) in [5, 5.41) is 0.0374. The molecule has 0 aliphatic heterocycles. The first kappa shape index (κ1) is 14.8. The lowest BCUT2D eigenvalue weighted by Crippen LogP contribution is -2.11. The van der Waals surface area contributed by atoms with Gasteiger partial charge in [0.05, 0.1) is 21.9 Å². The highest BCUT2D eigenvalue weighted by Crippen LogP contribution is 2.24. The van der Waals surface area contributed by atoms with Gasteiger partial charge in [-0.15, -0.1) is 11.6 Å². The minimum atomic E-state index is -0.886. The Balaban J connectivity index is 2.44. The zero-order valence-electron chi connectivity index (χ0n) is 10.3. The van der Waals surface area contributed by atoms with Crippen molar-refractivity contribution in [3.05, 3.63) is 28.8 Å². The molecule has 19 heavy (non-hydrogen) atoms. The van der Waals surface area contributed by atoms with Crippen LogP contribution in [0.4, 0.5) is 4.39 Å². The third-order valence-corrected chi connectivity index (χ3v) is 4.66. The van der Waals surface area contributed by atoms with Gasteiger partial charge in [0.25, 0.3) is 0 Å². The van der Waals surface area contributed by atoms with Crippen molar-refractivity contribution < 1.29 is 8.60 Å². The van der Waals surface area contributed by atoms with Crippen LogP contribution in [0.5, 0.6) is 0 Å². The van der Waals surface area contributed by atoms with Crippen molar-refractivity contribution in [2.45, 2.75) is 19.3 Å². The van der Waals surface area contributed by atoms with Gasteiger partial charge in [-0.3, -0.25) is 4.21 Å². The fourth-order valence-corrected chi connectivity index (χ4v) is 2.90. The van der Waals surface area contributed by atoms with Crippen LogP contribution in [0.15, 0.2) is 12.1 Å². The summed E-state index contributed by atoms with van der Waals surface area (Å²) in [5.74, 6) is 1.45. The average molecular weight is 323 g/mol. The minimum Gasteiger partial charge on any atom is -0.326 e. The number of imidazole rings is 1. The predicted molar refractivity (Wildman–Crippen MR) is 77.8 cm³/mol. The van der Waals surface area contributed by atoms with Crippen LogP contribution in [0, 0.1) is 5.82 Å².